The maximum atomic E-state index is 13.4. The number of ketones is 1. The largest absolute Gasteiger partial charge is 0.497 e. The Kier molecular flexibility index (Phi) is 7.59. The lowest BCUT2D eigenvalue weighted by atomic mass is 9.68. The Bertz CT molecular complexity index is 963. The summed E-state index contributed by atoms with van der Waals surface area (Å²) in [6.45, 7) is 8.44. The molecule has 1 heterocycles. The molecule has 0 bridgehead atoms. The zero-order chi connectivity index (χ0) is 23.5. The first-order valence-corrected chi connectivity index (χ1v) is 12.1. The molecule has 0 aromatic heterocycles. The molecular weight excluding hydrogens is 426 g/mol. The van der Waals surface area contributed by atoms with Gasteiger partial charge in [0.2, 0.25) is 0 Å². The fourth-order valence-corrected chi connectivity index (χ4v) is 4.99. The van der Waals surface area contributed by atoms with Gasteiger partial charge in [0.1, 0.15) is 18.1 Å². The number of hydrogen-bond donors (Lipinski definition) is 1. The summed E-state index contributed by atoms with van der Waals surface area (Å²) in [5.41, 5.74) is 3.22. The van der Waals surface area contributed by atoms with E-state index in [1.807, 2.05) is 19.1 Å². The van der Waals surface area contributed by atoms with Crippen molar-refractivity contribution in [2.45, 2.75) is 46.5 Å². The van der Waals surface area contributed by atoms with E-state index in [2.05, 4.69) is 26.1 Å². The number of carbonyl (C=O) groups is 2. The van der Waals surface area contributed by atoms with Gasteiger partial charge in [-0.15, -0.1) is 0 Å². The number of dihydropyridines is 1. The number of ether oxygens (including phenoxy) is 3. The van der Waals surface area contributed by atoms with Crippen LogP contribution in [0.4, 0.5) is 0 Å². The molecule has 1 atom stereocenters. The molecule has 1 unspecified atom stereocenters. The Morgan fingerprint density at radius 2 is 1.97 bits per heavy atom. The molecule has 0 radical (unpaired) electrons. The Hall–Kier alpha value is -2.41. The first-order valence-electron chi connectivity index (χ1n) is 10.9. The average molecular weight is 460 g/mol. The van der Waals surface area contributed by atoms with Gasteiger partial charge in [-0.05, 0) is 42.7 Å². The average Bonchev–Trinajstić information content (AvgIpc) is 2.74. The van der Waals surface area contributed by atoms with Crippen molar-refractivity contribution in [3.05, 3.63) is 46.3 Å². The first kappa shape index (κ1) is 24.2. The summed E-state index contributed by atoms with van der Waals surface area (Å²) in [5, 5.41) is 3.36. The minimum Gasteiger partial charge on any atom is -0.497 e. The number of allylic oxidation sites excluding steroid dienone is 3. The summed E-state index contributed by atoms with van der Waals surface area (Å²) in [5.74, 6) is 1.98. The van der Waals surface area contributed by atoms with Gasteiger partial charge in [-0.25, -0.2) is 4.79 Å². The van der Waals surface area contributed by atoms with E-state index in [1.54, 1.807) is 32.0 Å². The fourth-order valence-electron chi connectivity index (χ4n) is 4.50. The standard InChI is InChI=1S/C25H33NO5S/c1-7-32-11-10-31-24(28)21-15(2)26-18-13-25(3,4)14-19(27)23(18)22(21)17-12-16(29-5)8-9-20(17)30-6/h8-9,12,22,26H,7,10-11,13-14H2,1-6H3. The van der Waals surface area contributed by atoms with Crippen molar-refractivity contribution < 1.29 is 23.8 Å². The maximum Gasteiger partial charge on any atom is 0.336 e. The molecule has 1 aliphatic heterocycles. The molecule has 174 valence electrons. The van der Waals surface area contributed by atoms with Gasteiger partial charge in [0.25, 0.3) is 0 Å². The van der Waals surface area contributed by atoms with Crippen molar-refractivity contribution in [3.63, 3.8) is 0 Å². The van der Waals surface area contributed by atoms with E-state index in [9.17, 15) is 9.59 Å². The smallest absolute Gasteiger partial charge is 0.336 e. The molecule has 32 heavy (non-hydrogen) atoms. The predicted octanol–water partition coefficient (Wildman–Crippen LogP) is 4.60. The molecular formula is C25H33NO5S. The van der Waals surface area contributed by atoms with Crippen LogP contribution in [0.5, 0.6) is 11.5 Å². The van der Waals surface area contributed by atoms with Crippen LogP contribution in [0.2, 0.25) is 0 Å². The number of methoxy groups -OCH3 is 2. The molecule has 1 aromatic carbocycles. The molecule has 0 saturated carbocycles. The highest BCUT2D eigenvalue weighted by Gasteiger charge is 2.44. The Labute approximate surface area is 194 Å². The van der Waals surface area contributed by atoms with Crippen LogP contribution in [0.1, 0.15) is 52.0 Å². The summed E-state index contributed by atoms with van der Waals surface area (Å²) in [7, 11) is 3.18. The molecule has 0 amide bonds. The first-order chi connectivity index (χ1) is 15.2. The number of nitrogens with one attached hydrogen (secondary N) is 1. The maximum absolute atomic E-state index is 13.4. The lowest BCUT2D eigenvalue weighted by Crippen LogP contribution is -2.38. The number of rotatable bonds is 8. The van der Waals surface area contributed by atoms with Crippen LogP contribution in [0.3, 0.4) is 0 Å². The highest BCUT2D eigenvalue weighted by molar-refractivity contribution is 7.99. The third-order valence-corrected chi connectivity index (χ3v) is 6.74. The van der Waals surface area contributed by atoms with Gasteiger partial charge in [-0.1, -0.05) is 20.8 Å². The normalized spacial score (nSPS) is 19.9. The highest BCUT2D eigenvalue weighted by Crippen LogP contribution is 2.49. The molecule has 1 N–H and O–H groups in total. The molecule has 1 aliphatic carbocycles. The van der Waals surface area contributed by atoms with E-state index in [-0.39, 0.29) is 11.2 Å². The van der Waals surface area contributed by atoms with Crippen LogP contribution in [0, 0.1) is 5.41 Å². The van der Waals surface area contributed by atoms with Crippen molar-refractivity contribution in [2.24, 2.45) is 5.41 Å². The Balaban J connectivity index is 2.13. The SMILES string of the molecule is CCSCCOC(=O)C1=C(C)NC2=C(C(=O)CC(C)(C)C2)C1c1cc(OC)ccc1OC. The van der Waals surface area contributed by atoms with Crippen molar-refractivity contribution in [2.75, 3.05) is 32.3 Å². The zero-order valence-electron chi connectivity index (χ0n) is 19.8. The topological polar surface area (TPSA) is 73.9 Å². The summed E-state index contributed by atoms with van der Waals surface area (Å²) in [6.07, 6.45) is 1.15. The van der Waals surface area contributed by atoms with E-state index in [0.29, 0.717) is 41.4 Å². The summed E-state index contributed by atoms with van der Waals surface area (Å²) in [6, 6.07) is 5.46. The second-order valence-electron chi connectivity index (χ2n) is 8.87. The van der Waals surface area contributed by atoms with Gasteiger partial charge < -0.3 is 19.5 Å². The molecule has 2 aliphatic rings. The molecule has 6 nitrogen and oxygen atoms in total. The van der Waals surface area contributed by atoms with Crippen LogP contribution in [-0.4, -0.2) is 44.1 Å². The van der Waals surface area contributed by atoms with Gasteiger partial charge in [0.05, 0.1) is 25.7 Å². The summed E-state index contributed by atoms with van der Waals surface area (Å²) >= 11 is 1.72. The molecule has 3 rings (SSSR count). The Morgan fingerprint density at radius 3 is 2.62 bits per heavy atom. The van der Waals surface area contributed by atoms with Crippen molar-refractivity contribution >= 4 is 23.5 Å². The number of Topliss-reactive ketones (excluding diaryl/α,β-unsaturated/α-hetero) is 1. The van der Waals surface area contributed by atoms with E-state index in [4.69, 9.17) is 14.2 Å². The molecule has 0 spiro atoms. The lowest BCUT2D eigenvalue weighted by molar-refractivity contribution is -0.138. The number of thioether (sulfide) groups is 1. The van der Waals surface area contributed by atoms with Crippen molar-refractivity contribution in [1.82, 2.24) is 5.32 Å². The number of carbonyl (C=O) groups excluding carboxylic acids is 2. The predicted molar refractivity (Wildman–Crippen MR) is 127 cm³/mol. The van der Waals surface area contributed by atoms with Crippen molar-refractivity contribution in [1.29, 1.82) is 0 Å². The van der Waals surface area contributed by atoms with Crippen LogP contribution in [0.15, 0.2) is 40.7 Å². The third-order valence-electron chi connectivity index (χ3n) is 5.87. The van der Waals surface area contributed by atoms with Gasteiger partial charge in [0, 0.05) is 34.7 Å². The summed E-state index contributed by atoms with van der Waals surface area (Å²) < 4.78 is 16.7. The van der Waals surface area contributed by atoms with E-state index < -0.39 is 11.9 Å². The second kappa shape index (κ2) is 10.0. The zero-order valence-corrected chi connectivity index (χ0v) is 20.6. The van der Waals surface area contributed by atoms with Gasteiger partial charge in [0.15, 0.2) is 5.78 Å². The fraction of sp³-hybridized carbons (Fsp3) is 0.520. The van der Waals surface area contributed by atoms with Crippen LogP contribution in [0.25, 0.3) is 0 Å². The van der Waals surface area contributed by atoms with E-state index in [1.165, 1.54) is 0 Å². The lowest BCUT2D eigenvalue weighted by Gasteiger charge is -2.39. The highest BCUT2D eigenvalue weighted by atomic mass is 32.2. The number of esters is 1. The quantitative estimate of drug-likeness (QED) is 0.450. The number of benzene rings is 1. The third kappa shape index (κ3) is 4.98. The van der Waals surface area contributed by atoms with Gasteiger partial charge in [-0.2, -0.15) is 11.8 Å². The minimum atomic E-state index is -0.578. The molecule has 0 saturated heterocycles. The van der Waals surface area contributed by atoms with E-state index >= 15 is 0 Å². The number of hydrogen-bond acceptors (Lipinski definition) is 7. The second-order valence-corrected chi connectivity index (χ2v) is 10.3. The molecule has 0 fully saturated rings. The molecule has 7 heteroatoms. The van der Waals surface area contributed by atoms with Gasteiger partial charge >= 0.3 is 5.97 Å². The van der Waals surface area contributed by atoms with Crippen LogP contribution < -0.4 is 14.8 Å². The van der Waals surface area contributed by atoms with Crippen LogP contribution in [-0.2, 0) is 14.3 Å². The minimum absolute atomic E-state index is 0.0398. The van der Waals surface area contributed by atoms with E-state index in [0.717, 1.165) is 29.2 Å². The van der Waals surface area contributed by atoms with Crippen LogP contribution >= 0.6 is 11.8 Å². The summed E-state index contributed by atoms with van der Waals surface area (Å²) in [4.78, 5) is 26.7. The Morgan fingerprint density at radius 1 is 1.22 bits per heavy atom. The molecule has 1 aromatic rings. The monoisotopic (exact) mass is 459 g/mol. The van der Waals surface area contributed by atoms with Gasteiger partial charge in [-0.3, -0.25) is 4.79 Å². The van der Waals surface area contributed by atoms with Crippen molar-refractivity contribution in [3.8, 4) is 11.5 Å².